The first-order valence-corrected chi connectivity index (χ1v) is 9.78. The van der Waals surface area contributed by atoms with Gasteiger partial charge in [0.05, 0.1) is 11.6 Å². The van der Waals surface area contributed by atoms with Gasteiger partial charge in [-0.25, -0.2) is 0 Å². The van der Waals surface area contributed by atoms with Crippen molar-refractivity contribution in [1.82, 2.24) is 0 Å². The highest BCUT2D eigenvalue weighted by atomic mass is 79.9. The van der Waals surface area contributed by atoms with E-state index in [1.165, 1.54) is 12.8 Å². The van der Waals surface area contributed by atoms with E-state index in [2.05, 4.69) is 15.9 Å². The number of ether oxygens (including phenoxy) is 1. The molecule has 24 heavy (non-hydrogen) atoms. The number of alkyl halides is 1. The van der Waals surface area contributed by atoms with Gasteiger partial charge in [-0.05, 0) is 55.3 Å². The van der Waals surface area contributed by atoms with E-state index in [0.29, 0.717) is 27.8 Å². The maximum Gasteiger partial charge on any atom is 0.194 e. The van der Waals surface area contributed by atoms with Crippen LogP contribution in [0.15, 0.2) is 42.5 Å². The second-order valence-corrected chi connectivity index (χ2v) is 7.07. The van der Waals surface area contributed by atoms with Crippen LogP contribution in [0.3, 0.4) is 0 Å². The molecule has 0 aliphatic rings. The van der Waals surface area contributed by atoms with Crippen molar-refractivity contribution in [2.24, 2.45) is 0 Å². The first kappa shape index (κ1) is 19.3. The smallest absolute Gasteiger partial charge is 0.194 e. The number of carbonyl (C=O) groups excluding carboxylic acids is 1. The fraction of sp³-hybridized carbons (Fsp3) is 0.316. The largest absolute Gasteiger partial charge is 0.494 e. The summed E-state index contributed by atoms with van der Waals surface area (Å²) >= 11 is 15.4. The quantitative estimate of drug-likeness (QED) is 0.256. The minimum atomic E-state index is -0.127. The lowest BCUT2D eigenvalue weighted by molar-refractivity contribution is 0.103. The minimum Gasteiger partial charge on any atom is -0.494 e. The van der Waals surface area contributed by atoms with E-state index in [1.807, 2.05) is 12.1 Å². The van der Waals surface area contributed by atoms with Crippen LogP contribution < -0.4 is 4.74 Å². The molecule has 0 N–H and O–H groups in total. The molecule has 2 nitrogen and oxygen atoms in total. The van der Waals surface area contributed by atoms with Gasteiger partial charge >= 0.3 is 0 Å². The number of halogens is 3. The van der Waals surface area contributed by atoms with Crippen molar-refractivity contribution in [3.05, 3.63) is 63.6 Å². The van der Waals surface area contributed by atoms with Crippen LogP contribution in [0.2, 0.25) is 10.0 Å². The zero-order valence-corrected chi connectivity index (χ0v) is 16.3. The van der Waals surface area contributed by atoms with Crippen molar-refractivity contribution >= 4 is 44.9 Å². The molecule has 0 spiro atoms. The Morgan fingerprint density at radius 2 is 1.67 bits per heavy atom. The molecule has 0 aliphatic carbocycles. The maximum atomic E-state index is 12.5. The summed E-state index contributed by atoms with van der Waals surface area (Å²) in [6, 6.07) is 12.0. The van der Waals surface area contributed by atoms with Crippen molar-refractivity contribution in [1.29, 1.82) is 0 Å². The van der Waals surface area contributed by atoms with Gasteiger partial charge in [-0.2, -0.15) is 0 Å². The van der Waals surface area contributed by atoms with Crippen LogP contribution in [0.5, 0.6) is 5.75 Å². The molecule has 0 aliphatic heterocycles. The number of benzene rings is 2. The standard InChI is InChI=1S/C19H19BrCl2O2/c20-11-3-1-2-4-12-24-16-8-5-14(6-9-16)19(23)17-10-7-15(21)13-18(17)22/h5-10,13H,1-4,11-12H2. The third-order valence-electron chi connectivity index (χ3n) is 3.59. The molecule has 2 rings (SSSR count). The SMILES string of the molecule is O=C(c1ccc(OCCCCCCBr)cc1)c1ccc(Cl)cc1Cl. The van der Waals surface area contributed by atoms with E-state index in [0.717, 1.165) is 23.9 Å². The number of hydrogen-bond acceptors (Lipinski definition) is 2. The van der Waals surface area contributed by atoms with Crippen LogP contribution in [-0.2, 0) is 0 Å². The number of hydrogen-bond donors (Lipinski definition) is 0. The summed E-state index contributed by atoms with van der Waals surface area (Å²) in [5.74, 6) is 0.646. The van der Waals surface area contributed by atoms with E-state index in [4.69, 9.17) is 27.9 Å². The lowest BCUT2D eigenvalue weighted by Gasteiger charge is -2.08. The van der Waals surface area contributed by atoms with Gasteiger partial charge in [0.1, 0.15) is 5.75 Å². The van der Waals surface area contributed by atoms with E-state index in [1.54, 1.807) is 30.3 Å². The van der Waals surface area contributed by atoms with E-state index in [9.17, 15) is 4.79 Å². The average molecular weight is 430 g/mol. The highest BCUT2D eigenvalue weighted by molar-refractivity contribution is 9.09. The highest BCUT2D eigenvalue weighted by Crippen LogP contribution is 2.24. The lowest BCUT2D eigenvalue weighted by atomic mass is 10.0. The first-order chi connectivity index (χ1) is 11.6. The molecule has 0 atom stereocenters. The van der Waals surface area contributed by atoms with Gasteiger partial charge in [0.25, 0.3) is 0 Å². The van der Waals surface area contributed by atoms with Crippen molar-refractivity contribution in [2.75, 3.05) is 11.9 Å². The summed E-state index contributed by atoms with van der Waals surface area (Å²) in [4.78, 5) is 12.5. The number of ketones is 1. The predicted octanol–water partition coefficient (Wildman–Crippen LogP) is 6.56. The van der Waals surface area contributed by atoms with E-state index < -0.39 is 0 Å². The number of unbranched alkanes of at least 4 members (excludes halogenated alkanes) is 3. The van der Waals surface area contributed by atoms with Crippen LogP contribution in [-0.4, -0.2) is 17.7 Å². The van der Waals surface area contributed by atoms with Crippen LogP contribution >= 0.6 is 39.1 Å². The molecule has 5 heteroatoms. The van der Waals surface area contributed by atoms with E-state index in [-0.39, 0.29) is 5.78 Å². The van der Waals surface area contributed by atoms with Crippen LogP contribution in [0, 0.1) is 0 Å². The number of rotatable bonds is 9. The molecule has 0 bridgehead atoms. The Morgan fingerprint density at radius 3 is 2.33 bits per heavy atom. The maximum absolute atomic E-state index is 12.5. The third kappa shape index (κ3) is 5.80. The summed E-state index contributed by atoms with van der Waals surface area (Å²) in [5, 5.41) is 1.92. The van der Waals surface area contributed by atoms with Crippen molar-refractivity contribution in [3.63, 3.8) is 0 Å². The molecular weight excluding hydrogens is 411 g/mol. The molecule has 0 amide bonds. The third-order valence-corrected chi connectivity index (χ3v) is 4.70. The lowest BCUT2D eigenvalue weighted by Crippen LogP contribution is -2.03. The molecule has 0 saturated carbocycles. The monoisotopic (exact) mass is 428 g/mol. The Morgan fingerprint density at radius 1 is 0.958 bits per heavy atom. The van der Waals surface area contributed by atoms with Gasteiger partial charge in [-0.1, -0.05) is 52.0 Å². The fourth-order valence-corrected chi connectivity index (χ4v) is 3.16. The van der Waals surface area contributed by atoms with Crippen LogP contribution in [0.25, 0.3) is 0 Å². The molecule has 0 radical (unpaired) electrons. The Bertz CT molecular complexity index is 672. The molecule has 0 heterocycles. The van der Waals surface area contributed by atoms with Crippen molar-refractivity contribution in [2.45, 2.75) is 25.7 Å². The van der Waals surface area contributed by atoms with Gasteiger partial charge < -0.3 is 4.74 Å². The molecular formula is C19H19BrCl2O2. The summed E-state index contributed by atoms with van der Waals surface area (Å²) < 4.78 is 5.70. The second-order valence-electron chi connectivity index (χ2n) is 5.43. The van der Waals surface area contributed by atoms with E-state index >= 15 is 0 Å². The van der Waals surface area contributed by atoms with Gasteiger partial charge in [0, 0.05) is 21.5 Å². The topological polar surface area (TPSA) is 26.3 Å². The second kappa shape index (κ2) is 10.1. The summed E-state index contributed by atoms with van der Waals surface area (Å²) in [7, 11) is 0. The number of carbonyl (C=O) groups is 1. The summed E-state index contributed by atoms with van der Waals surface area (Å²) in [6.07, 6.45) is 4.61. The molecule has 128 valence electrons. The Kier molecular flexibility index (Phi) is 8.10. The summed E-state index contributed by atoms with van der Waals surface area (Å²) in [5.41, 5.74) is 1.02. The predicted molar refractivity (Wildman–Crippen MR) is 104 cm³/mol. The van der Waals surface area contributed by atoms with Gasteiger partial charge in [-0.3, -0.25) is 4.79 Å². The Hall–Kier alpha value is -1.03. The normalized spacial score (nSPS) is 10.6. The Labute approximate surface area is 161 Å². The molecule has 0 aromatic heterocycles. The van der Waals surface area contributed by atoms with Crippen molar-refractivity contribution in [3.8, 4) is 5.75 Å². The van der Waals surface area contributed by atoms with Crippen LogP contribution in [0.1, 0.15) is 41.6 Å². The zero-order chi connectivity index (χ0) is 17.4. The van der Waals surface area contributed by atoms with Gasteiger partial charge in [-0.15, -0.1) is 0 Å². The van der Waals surface area contributed by atoms with Gasteiger partial charge in [0.15, 0.2) is 5.78 Å². The first-order valence-electron chi connectivity index (χ1n) is 7.90. The fourth-order valence-electron chi connectivity index (χ4n) is 2.27. The van der Waals surface area contributed by atoms with Crippen LogP contribution in [0.4, 0.5) is 0 Å². The highest BCUT2D eigenvalue weighted by Gasteiger charge is 2.13. The summed E-state index contributed by atoms with van der Waals surface area (Å²) in [6.45, 7) is 0.693. The zero-order valence-electron chi connectivity index (χ0n) is 13.2. The molecule has 2 aromatic carbocycles. The molecule has 0 unspecified atom stereocenters. The average Bonchev–Trinajstić information content (AvgIpc) is 2.58. The van der Waals surface area contributed by atoms with Crippen molar-refractivity contribution < 1.29 is 9.53 Å². The minimum absolute atomic E-state index is 0.127. The molecule has 2 aromatic rings. The Balaban J connectivity index is 1.90. The molecule has 0 fully saturated rings. The van der Waals surface area contributed by atoms with Gasteiger partial charge in [0.2, 0.25) is 0 Å². The molecule has 0 saturated heterocycles.